The lowest BCUT2D eigenvalue weighted by molar-refractivity contribution is 0.103. The van der Waals surface area contributed by atoms with E-state index in [2.05, 4.69) is 91.2 Å². The summed E-state index contributed by atoms with van der Waals surface area (Å²) >= 11 is 0. The fourth-order valence-electron chi connectivity index (χ4n) is 5.91. The Morgan fingerprint density at radius 3 is 2.08 bits per heavy atom. The molecule has 0 amide bonds. The fraction of sp³-hybridized carbons (Fsp3) is 0.0882. The number of aromatic nitrogens is 1. The number of hydrogen-bond donors (Lipinski definition) is 0. The minimum absolute atomic E-state index is 0.0549. The van der Waals surface area contributed by atoms with Crippen molar-refractivity contribution in [3.63, 3.8) is 0 Å². The van der Waals surface area contributed by atoms with Crippen LogP contribution in [0, 0.1) is 0 Å². The van der Waals surface area contributed by atoms with E-state index in [-0.39, 0.29) is 11.2 Å². The first-order valence-corrected chi connectivity index (χ1v) is 12.4. The highest BCUT2D eigenvalue weighted by Crippen LogP contribution is 2.47. The second kappa shape index (κ2) is 7.53. The summed E-state index contributed by atoms with van der Waals surface area (Å²) in [6.45, 7) is 4.54. The largest absolute Gasteiger partial charge is 0.309 e. The Morgan fingerprint density at radius 2 is 1.28 bits per heavy atom. The monoisotopic (exact) mass is 463 g/mol. The van der Waals surface area contributed by atoms with Crippen molar-refractivity contribution in [3.05, 3.63) is 138 Å². The molecule has 1 aliphatic rings. The number of nitrogens with zero attached hydrogens (tertiary/aromatic N) is 1. The van der Waals surface area contributed by atoms with Crippen LogP contribution in [0.4, 0.5) is 0 Å². The van der Waals surface area contributed by atoms with Crippen molar-refractivity contribution >= 4 is 27.6 Å². The number of ketones is 1. The van der Waals surface area contributed by atoms with Gasteiger partial charge < -0.3 is 4.57 Å². The average molecular weight is 464 g/mol. The van der Waals surface area contributed by atoms with Gasteiger partial charge in [-0.2, -0.15) is 0 Å². The third kappa shape index (κ3) is 2.88. The molecule has 1 aliphatic heterocycles. The molecule has 0 bridgehead atoms. The summed E-state index contributed by atoms with van der Waals surface area (Å²) in [5.74, 6) is 0.0549. The van der Waals surface area contributed by atoms with Gasteiger partial charge in [-0.3, -0.25) is 4.79 Å². The summed E-state index contributed by atoms with van der Waals surface area (Å²) in [5, 5.41) is 2.31. The Hall–Kier alpha value is -4.43. The maximum absolute atomic E-state index is 13.8. The fourth-order valence-corrected chi connectivity index (χ4v) is 5.91. The van der Waals surface area contributed by atoms with Crippen molar-refractivity contribution in [2.45, 2.75) is 19.3 Å². The van der Waals surface area contributed by atoms with Gasteiger partial charge in [0.1, 0.15) is 0 Å². The molecule has 1 aromatic heterocycles. The van der Waals surface area contributed by atoms with Crippen LogP contribution in [0.25, 0.3) is 38.6 Å². The predicted octanol–water partition coefficient (Wildman–Crippen LogP) is 8.32. The number of carbonyl (C=O) groups excluding carboxylic acids is 1. The smallest absolute Gasteiger partial charge is 0.193 e. The van der Waals surface area contributed by atoms with Crippen LogP contribution in [-0.4, -0.2) is 10.4 Å². The third-order valence-corrected chi connectivity index (χ3v) is 7.78. The van der Waals surface area contributed by atoms with Gasteiger partial charge in [0, 0.05) is 27.3 Å². The minimum Gasteiger partial charge on any atom is -0.309 e. The van der Waals surface area contributed by atoms with Crippen LogP contribution >= 0.6 is 0 Å². The van der Waals surface area contributed by atoms with Crippen LogP contribution in [-0.2, 0) is 5.41 Å². The SMILES string of the molecule is CC1(C)c2ccccc2-n2c3ccccc3c3cc(C(=O)c4ccc(-c5ccccc5)cc4)cc1c32. The Balaban J connectivity index is 1.44. The molecule has 2 heterocycles. The van der Waals surface area contributed by atoms with E-state index in [1.807, 2.05) is 42.5 Å². The van der Waals surface area contributed by atoms with Crippen molar-refractivity contribution in [2.24, 2.45) is 0 Å². The molecule has 0 N–H and O–H groups in total. The molecule has 0 radical (unpaired) electrons. The van der Waals surface area contributed by atoms with Gasteiger partial charge in [-0.05, 0) is 46.5 Å². The highest BCUT2D eigenvalue weighted by atomic mass is 16.1. The second-order valence-electron chi connectivity index (χ2n) is 10.2. The summed E-state index contributed by atoms with van der Waals surface area (Å²) in [6.07, 6.45) is 0. The summed E-state index contributed by atoms with van der Waals surface area (Å²) in [5.41, 5.74) is 9.54. The van der Waals surface area contributed by atoms with Gasteiger partial charge in [-0.25, -0.2) is 0 Å². The van der Waals surface area contributed by atoms with E-state index < -0.39 is 0 Å². The number of rotatable bonds is 3. The lowest BCUT2D eigenvalue weighted by atomic mass is 9.74. The van der Waals surface area contributed by atoms with Gasteiger partial charge in [-0.1, -0.05) is 105 Å². The van der Waals surface area contributed by atoms with Crippen molar-refractivity contribution in [1.82, 2.24) is 4.57 Å². The molecular weight excluding hydrogens is 438 g/mol. The molecular formula is C34H25NO. The molecule has 0 saturated heterocycles. The van der Waals surface area contributed by atoms with Gasteiger partial charge in [0.25, 0.3) is 0 Å². The molecule has 36 heavy (non-hydrogen) atoms. The van der Waals surface area contributed by atoms with E-state index in [1.165, 1.54) is 33.2 Å². The van der Waals surface area contributed by atoms with Crippen LogP contribution in [0.3, 0.4) is 0 Å². The van der Waals surface area contributed by atoms with Crippen LogP contribution in [0.1, 0.15) is 40.9 Å². The van der Waals surface area contributed by atoms with Crippen LogP contribution in [0.15, 0.2) is 115 Å². The molecule has 0 saturated carbocycles. The van der Waals surface area contributed by atoms with E-state index in [9.17, 15) is 4.79 Å². The molecule has 0 fully saturated rings. The summed E-state index contributed by atoms with van der Waals surface area (Å²) < 4.78 is 2.38. The average Bonchev–Trinajstić information content (AvgIpc) is 3.26. The molecule has 2 nitrogen and oxygen atoms in total. The zero-order chi connectivity index (χ0) is 24.4. The van der Waals surface area contributed by atoms with E-state index in [4.69, 9.17) is 0 Å². The van der Waals surface area contributed by atoms with Crippen LogP contribution in [0.2, 0.25) is 0 Å². The van der Waals surface area contributed by atoms with E-state index >= 15 is 0 Å². The zero-order valence-electron chi connectivity index (χ0n) is 20.3. The van der Waals surface area contributed by atoms with Crippen molar-refractivity contribution in [2.75, 3.05) is 0 Å². The molecule has 0 atom stereocenters. The minimum atomic E-state index is -0.229. The van der Waals surface area contributed by atoms with Gasteiger partial charge in [-0.15, -0.1) is 0 Å². The van der Waals surface area contributed by atoms with E-state index in [0.717, 1.165) is 22.1 Å². The molecule has 0 spiro atoms. The maximum atomic E-state index is 13.8. The number of carbonyl (C=O) groups is 1. The van der Waals surface area contributed by atoms with Crippen LogP contribution < -0.4 is 0 Å². The van der Waals surface area contributed by atoms with Crippen molar-refractivity contribution in [1.29, 1.82) is 0 Å². The lowest BCUT2D eigenvalue weighted by Crippen LogP contribution is -2.26. The molecule has 7 rings (SSSR count). The number of benzene rings is 5. The molecule has 0 unspecified atom stereocenters. The summed E-state index contributed by atoms with van der Waals surface area (Å²) in [4.78, 5) is 13.8. The highest BCUT2D eigenvalue weighted by Gasteiger charge is 2.35. The summed E-state index contributed by atoms with van der Waals surface area (Å²) in [6, 6.07) is 39.6. The Morgan fingerprint density at radius 1 is 0.611 bits per heavy atom. The Bertz CT molecular complexity index is 1800. The molecule has 6 aromatic rings. The quantitative estimate of drug-likeness (QED) is 0.242. The lowest BCUT2D eigenvalue weighted by Gasteiger charge is -2.35. The topological polar surface area (TPSA) is 22.0 Å². The van der Waals surface area contributed by atoms with Gasteiger partial charge >= 0.3 is 0 Å². The number of fused-ring (bicyclic) bond motifs is 5. The normalized spacial score (nSPS) is 13.6. The highest BCUT2D eigenvalue weighted by molar-refractivity contribution is 6.17. The van der Waals surface area contributed by atoms with E-state index in [1.54, 1.807) is 0 Å². The van der Waals surface area contributed by atoms with Crippen molar-refractivity contribution in [3.8, 4) is 16.8 Å². The van der Waals surface area contributed by atoms with E-state index in [0.29, 0.717) is 5.56 Å². The van der Waals surface area contributed by atoms with Gasteiger partial charge in [0.2, 0.25) is 0 Å². The molecule has 0 aliphatic carbocycles. The van der Waals surface area contributed by atoms with Gasteiger partial charge in [0.15, 0.2) is 5.78 Å². The first-order valence-electron chi connectivity index (χ1n) is 12.4. The molecule has 5 aromatic carbocycles. The first kappa shape index (κ1) is 20.9. The zero-order valence-corrected chi connectivity index (χ0v) is 20.3. The van der Waals surface area contributed by atoms with Crippen LogP contribution in [0.5, 0.6) is 0 Å². The maximum Gasteiger partial charge on any atom is 0.193 e. The summed E-state index contributed by atoms with van der Waals surface area (Å²) in [7, 11) is 0. The number of para-hydroxylation sites is 2. The second-order valence-corrected chi connectivity index (χ2v) is 10.2. The Kier molecular flexibility index (Phi) is 4.37. The van der Waals surface area contributed by atoms with Gasteiger partial charge in [0.05, 0.1) is 16.7 Å². The standard InChI is InChI=1S/C34H25NO/c1-34(2)28-13-7-9-15-31(28)35-30-14-8-6-12-26(30)27-20-25(21-29(34)32(27)35)33(36)24-18-16-23(17-19-24)22-10-4-3-5-11-22/h3-21H,1-2H3. The number of hydrogen-bond acceptors (Lipinski definition) is 1. The molecule has 172 valence electrons. The third-order valence-electron chi connectivity index (χ3n) is 7.78. The Labute approximate surface area is 210 Å². The predicted molar refractivity (Wildman–Crippen MR) is 148 cm³/mol. The molecule has 2 heteroatoms. The first-order chi connectivity index (χ1) is 17.5. The van der Waals surface area contributed by atoms with Crippen molar-refractivity contribution < 1.29 is 4.79 Å².